The Labute approximate surface area is 122 Å². The van der Waals surface area contributed by atoms with Gasteiger partial charge in [0.2, 0.25) is 10.0 Å². The lowest BCUT2D eigenvalue weighted by Crippen LogP contribution is -2.51. The number of aliphatic hydroxyl groups excluding tert-OH is 1. The van der Waals surface area contributed by atoms with Crippen LogP contribution in [0.4, 0.5) is 0 Å². The van der Waals surface area contributed by atoms with Crippen molar-refractivity contribution in [1.29, 1.82) is 0 Å². The molecular formula is C13H17N3O4S. The van der Waals surface area contributed by atoms with Crippen LogP contribution in [0.15, 0.2) is 29.4 Å². The van der Waals surface area contributed by atoms with Gasteiger partial charge < -0.3 is 14.8 Å². The van der Waals surface area contributed by atoms with Crippen LogP contribution in [0.5, 0.6) is 0 Å². The molecule has 1 aliphatic rings. The first-order valence-corrected chi connectivity index (χ1v) is 8.14. The lowest BCUT2D eigenvalue weighted by Gasteiger charge is -2.36. The molecule has 0 aromatic carbocycles. The number of nitrogens with one attached hydrogen (secondary N) is 1. The monoisotopic (exact) mass is 311 g/mol. The Morgan fingerprint density at radius 3 is 3.14 bits per heavy atom. The molecule has 0 spiro atoms. The number of ether oxygens (including phenoxy) is 1. The summed E-state index contributed by atoms with van der Waals surface area (Å²) in [5.41, 5.74) is 0.538. The van der Waals surface area contributed by atoms with Gasteiger partial charge in [-0.15, -0.1) is 0 Å². The van der Waals surface area contributed by atoms with E-state index in [1.165, 1.54) is 10.5 Å². The van der Waals surface area contributed by atoms with Crippen molar-refractivity contribution in [3.63, 3.8) is 0 Å². The standard InChI is InChI=1S/C13H17N3O4S/c1-9-8-20-10(7-17)6-16(9)21(18,19)12-5-15-13-11(12)3-2-4-14-13/h2-5,9-10,17H,6-8H2,1H3,(H,14,15). The van der Waals surface area contributed by atoms with Crippen LogP contribution in [0.3, 0.4) is 0 Å². The van der Waals surface area contributed by atoms with Gasteiger partial charge in [0.25, 0.3) is 0 Å². The van der Waals surface area contributed by atoms with E-state index in [0.717, 1.165) is 0 Å². The predicted octanol–water partition coefficient (Wildman–Crippen LogP) is 0.333. The van der Waals surface area contributed by atoms with Gasteiger partial charge in [-0.1, -0.05) is 0 Å². The minimum atomic E-state index is -3.67. The summed E-state index contributed by atoms with van der Waals surface area (Å²) in [7, 11) is -3.67. The van der Waals surface area contributed by atoms with Crippen molar-refractivity contribution >= 4 is 21.1 Å². The molecule has 3 heterocycles. The van der Waals surface area contributed by atoms with Gasteiger partial charge in [-0.05, 0) is 19.1 Å². The second-order valence-corrected chi connectivity index (χ2v) is 6.97. The first-order valence-electron chi connectivity index (χ1n) is 6.70. The van der Waals surface area contributed by atoms with E-state index >= 15 is 0 Å². The highest BCUT2D eigenvalue weighted by atomic mass is 32.2. The van der Waals surface area contributed by atoms with Crippen LogP contribution >= 0.6 is 0 Å². The Kier molecular flexibility index (Phi) is 3.70. The zero-order chi connectivity index (χ0) is 15.0. The maximum Gasteiger partial charge on any atom is 0.245 e. The van der Waals surface area contributed by atoms with E-state index in [-0.39, 0.29) is 30.7 Å². The van der Waals surface area contributed by atoms with Gasteiger partial charge in [0.15, 0.2) is 0 Å². The van der Waals surface area contributed by atoms with Gasteiger partial charge in [0, 0.05) is 30.4 Å². The molecule has 7 nitrogen and oxygen atoms in total. The summed E-state index contributed by atoms with van der Waals surface area (Å²) in [5.74, 6) is 0. The van der Waals surface area contributed by atoms with E-state index < -0.39 is 16.1 Å². The number of hydrogen-bond donors (Lipinski definition) is 2. The fraction of sp³-hybridized carbons (Fsp3) is 0.462. The molecule has 2 aromatic rings. The Hall–Kier alpha value is -1.48. The third-order valence-electron chi connectivity index (χ3n) is 3.65. The summed E-state index contributed by atoms with van der Waals surface area (Å²) in [4.78, 5) is 7.19. The first-order chi connectivity index (χ1) is 10.0. The van der Waals surface area contributed by atoms with Crippen molar-refractivity contribution in [2.45, 2.75) is 24.0 Å². The minimum absolute atomic E-state index is 0.146. The molecule has 0 saturated carbocycles. The van der Waals surface area contributed by atoms with Gasteiger partial charge in [-0.2, -0.15) is 4.31 Å². The fourth-order valence-electron chi connectivity index (χ4n) is 2.51. The predicted molar refractivity (Wildman–Crippen MR) is 76.3 cm³/mol. The summed E-state index contributed by atoms with van der Waals surface area (Å²) < 4.78 is 32.5. The Morgan fingerprint density at radius 1 is 1.57 bits per heavy atom. The van der Waals surface area contributed by atoms with Crippen molar-refractivity contribution in [2.75, 3.05) is 19.8 Å². The number of aromatic nitrogens is 2. The molecule has 1 fully saturated rings. The zero-order valence-electron chi connectivity index (χ0n) is 11.6. The average molecular weight is 311 g/mol. The third-order valence-corrected chi connectivity index (χ3v) is 5.67. The normalized spacial score (nSPS) is 24.5. The van der Waals surface area contributed by atoms with Crippen molar-refractivity contribution in [2.24, 2.45) is 0 Å². The molecule has 8 heteroatoms. The average Bonchev–Trinajstić information content (AvgIpc) is 2.92. The van der Waals surface area contributed by atoms with Crippen molar-refractivity contribution in [3.05, 3.63) is 24.5 Å². The maximum absolute atomic E-state index is 12.9. The Balaban J connectivity index is 2.03. The largest absolute Gasteiger partial charge is 0.394 e. The second-order valence-electron chi connectivity index (χ2n) is 5.11. The van der Waals surface area contributed by atoms with Crippen LogP contribution in [0, 0.1) is 0 Å². The summed E-state index contributed by atoms with van der Waals surface area (Å²) in [6.45, 7) is 2.00. The lowest BCUT2D eigenvalue weighted by atomic mass is 10.2. The molecule has 1 saturated heterocycles. The van der Waals surface area contributed by atoms with Crippen molar-refractivity contribution in [1.82, 2.24) is 14.3 Å². The Morgan fingerprint density at radius 2 is 2.38 bits per heavy atom. The molecule has 2 unspecified atom stereocenters. The molecule has 2 N–H and O–H groups in total. The molecule has 0 radical (unpaired) electrons. The summed E-state index contributed by atoms with van der Waals surface area (Å²) in [6.07, 6.45) is 2.58. The quantitative estimate of drug-likeness (QED) is 0.852. The van der Waals surface area contributed by atoms with E-state index in [4.69, 9.17) is 4.74 Å². The summed E-state index contributed by atoms with van der Waals surface area (Å²) in [5, 5.41) is 9.77. The molecule has 0 amide bonds. The topological polar surface area (TPSA) is 95.5 Å². The highest BCUT2D eigenvalue weighted by Crippen LogP contribution is 2.27. The van der Waals surface area contributed by atoms with Gasteiger partial charge >= 0.3 is 0 Å². The fourth-order valence-corrected chi connectivity index (χ4v) is 4.31. The van der Waals surface area contributed by atoms with Crippen LogP contribution in [0.25, 0.3) is 11.0 Å². The molecule has 1 aliphatic heterocycles. The number of H-pyrrole nitrogens is 1. The number of pyridine rings is 1. The van der Waals surface area contributed by atoms with Crippen LogP contribution in [-0.2, 0) is 14.8 Å². The minimum Gasteiger partial charge on any atom is -0.394 e. The molecule has 0 aliphatic carbocycles. The van der Waals surface area contributed by atoms with Crippen molar-refractivity contribution < 1.29 is 18.3 Å². The number of fused-ring (bicyclic) bond motifs is 1. The molecule has 21 heavy (non-hydrogen) atoms. The van der Waals surface area contributed by atoms with E-state index in [0.29, 0.717) is 11.0 Å². The molecule has 0 bridgehead atoms. The third kappa shape index (κ3) is 2.44. The van der Waals surface area contributed by atoms with Crippen molar-refractivity contribution in [3.8, 4) is 0 Å². The molecule has 2 atom stereocenters. The first kappa shape index (κ1) is 14.5. The van der Waals surface area contributed by atoms with Gasteiger partial charge in [-0.3, -0.25) is 0 Å². The van der Waals surface area contributed by atoms with Crippen LogP contribution in [0.1, 0.15) is 6.92 Å². The number of sulfonamides is 1. The van der Waals surface area contributed by atoms with Crippen LogP contribution in [-0.4, -0.2) is 59.7 Å². The number of morpholine rings is 1. The molecule has 114 valence electrons. The zero-order valence-corrected chi connectivity index (χ0v) is 12.4. The van der Waals surface area contributed by atoms with Crippen LogP contribution in [0.2, 0.25) is 0 Å². The van der Waals surface area contributed by atoms with Crippen LogP contribution < -0.4 is 0 Å². The number of aliphatic hydroxyl groups is 1. The molecule has 2 aromatic heterocycles. The second kappa shape index (κ2) is 5.38. The molecular weight excluding hydrogens is 294 g/mol. The van der Waals surface area contributed by atoms with E-state index in [9.17, 15) is 13.5 Å². The van der Waals surface area contributed by atoms with E-state index in [1.54, 1.807) is 25.3 Å². The maximum atomic E-state index is 12.9. The number of aromatic amines is 1. The number of rotatable bonds is 3. The molecule has 3 rings (SSSR count). The lowest BCUT2D eigenvalue weighted by molar-refractivity contribution is -0.0516. The highest BCUT2D eigenvalue weighted by Gasteiger charge is 2.36. The van der Waals surface area contributed by atoms with E-state index in [2.05, 4.69) is 9.97 Å². The summed E-state index contributed by atoms with van der Waals surface area (Å²) >= 11 is 0. The number of hydrogen-bond acceptors (Lipinski definition) is 5. The SMILES string of the molecule is CC1COC(CO)CN1S(=O)(=O)c1c[nH]c2ncccc12. The summed E-state index contributed by atoms with van der Waals surface area (Å²) in [6, 6.07) is 3.15. The van der Waals surface area contributed by atoms with Gasteiger partial charge in [-0.25, -0.2) is 13.4 Å². The van der Waals surface area contributed by atoms with E-state index in [1.807, 2.05) is 0 Å². The van der Waals surface area contributed by atoms with Gasteiger partial charge in [0.05, 0.1) is 19.3 Å². The Bertz CT molecular complexity index is 743. The van der Waals surface area contributed by atoms with Gasteiger partial charge in [0.1, 0.15) is 10.5 Å². The highest BCUT2D eigenvalue weighted by molar-refractivity contribution is 7.89. The smallest absolute Gasteiger partial charge is 0.245 e. The number of nitrogens with zero attached hydrogens (tertiary/aromatic N) is 2.